The summed E-state index contributed by atoms with van der Waals surface area (Å²) < 4.78 is 4.45. The summed E-state index contributed by atoms with van der Waals surface area (Å²) in [5, 5.41) is 40.4. The highest BCUT2D eigenvalue weighted by Gasteiger charge is 2.22. The summed E-state index contributed by atoms with van der Waals surface area (Å²) in [7, 11) is 0. The Labute approximate surface area is 179 Å². The topological polar surface area (TPSA) is 231 Å². The predicted octanol–water partition coefficient (Wildman–Crippen LogP) is -1.76. The van der Waals surface area contributed by atoms with E-state index < -0.39 is 48.7 Å². The maximum Gasteiger partial charge on any atom is 0.332 e. The van der Waals surface area contributed by atoms with Crippen LogP contribution in [0.4, 0.5) is 0 Å². The summed E-state index contributed by atoms with van der Waals surface area (Å²) in [6, 6.07) is 6.94. The fourth-order valence-electron chi connectivity index (χ4n) is 1.49. The van der Waals surface area contributed by atoms with E-state index in [4.69, 9.17) is 37.0 Å². The van der Waals surface area contributed by atoms with Crippen molar-refractivity contribution in [2.75, 3.05) is 13.2 Å². The first-order chi connectivity index (χ1) is 14.4. The Morgan fingerprint density at radius 2 is 1.29 bits per heavy atom. The number of carbonyl (C=O) groups excluding carboxylic acids is 2. The van der Waals surface area contributed by atoms with E-state index in [1.807, 2.05) is 30.3 Å². The molecule has 0 amide bonds. The Kier molecular flexibility index (Phi) is 17.5. The molecule has 0 radical (unpaired) electrons. The maximum absolute atomic E-state index is 11.5. The third-order valence-corrected chi connectivity index (χ3v) is 3.12. The van der Waals surface area contributed by atoms with E-state index in [-0.39, 0.29) is 25.9 Å². The van der Waals surface area contributed by atoms with Crippen LogP contribution in [0.3, 0.4) is 0 Å². The van der Waals surface area contributed by atoms with Crippen LogP contribution < -0.4 is 11.5 Å². The number of nitrogens with two attached hydrogens (primary N) is 2. The van der Waals surface area contributed by atoms with Gasteiger partial charge in [-0.25, -0.2) is 9.59 Å². The molecule has 0 saturated carbocycles. The lowest BCUT2D eigenvalue weighted by Crippen LogP contribution is -2.42. The average Bonchev–Trinajstić information content (AvgIpc) is 2.73. The van der Waals surface area contributed by atoms with Crippen LogP contribution >= 0.6 is 0 Å². The zero-order valence-corrected chi connectivity index (χ0v) is 17.1. The summed E-state index contributed by atoms with van der Waals surface area (Å²) in [6.45, 7) is 0.806. The second-order valence-corrected chi connectivity index (χ2v) is 6.14. The Morgan fingerprint density at radius 1 is 0.871 bits per heavy atom. The molecule has 0 spiro atoms. The molecule has 1 unspecified atom stereocenters. The van der Waals surface area contributed by atoms with Crippen LogP contribution in [0.15, 0.2) is 30.3 Å². The number of esters is 2. The summed E-state index contributed by atoms with van der Waals surface area (Å²) in [6.07, 6.45) is -0.888. The molecule has 0 bridgehead atoms. The molecule has 0 fully saturated rings. The molecule has 0 aliphatic carbocycles. The summed E-state index contributed by atoms with van der Waals surface area (Å²) in [4.78, 5) is 41.9. The van der Waals surface area contributed by atoms with E-state index in [1.165, 1.54) is 6.92 Å². The number of ether oxygens (including phenoxy) is 1. The van der Waals surface area contributed by atoms with Gasteiger partial charge in [-0.2, -0.15) is 0 Å². The fraction of sp³-hybridized carbons (Fsp3) is 0.474. The molecule has 31 heavy (non-hydrogen) atoms. The highest BCUT2D eigenvalue weighted by Crippen LogP contribution is 2.03. The van der Waals surface area contributed by atoms with Gasteiger partial charge < -0.3 is 41.7 Å². The molecule has 0 aliphatic heterocycles. The van der Waals surface area contributed by atoms with Gasteiger partial charge in [0.1, 0.15) is 12.1 Å². The summed E-state index contributed by atoms with van der Waals surface area (Å²) >= 11 is 0. The molecule has 0 aliphatic rings. The normalized spacial score (nSPS) is 12.6. The van der Waals surface area contributed by atoms with E-state index in [1.54, 1.807) is 0 Å². The minimum absolute atomic E-state index is 0.139. The number of aliphatic hydroxyl groups is 3. The van der Waals surface area contributed by atoms with Gasteiger partial charge in [0.05, 0.1) is 32.2 Å². The third-order valence-electron chi connectivity index (χ3n) is 3.12. The third kappa shape index (κ3) is 18.8. The van der Waals surface area contributed by atoms with Gasteiger partial charge in [0.15, 0.2) is 0 Å². The van der Waals surface area contributed by atoms with E-state index >= 15 is 0 Å². The highest BCUT2D eigenvalue weighted by atomic mass is 16.6. The van der Waals surface area contributed by atoms with Crippen LogP contribution in [0.1, 0.15) is 25.3 Å². The van der Waals surface area contributed by atoms with Crippen molar-refractivity contribution in [1.82, 2.24) is 0 Å². The molecule has 176 valence electrons. The van der Waals surface area contributed by atoms with E-state index in [2.05, 4.69) is 4.74 Å². The van der Waals surface area contributed by atoms with Gasteiger partial charge in [0.2, 0.25) is 0 Å². The standard InChI is InChI=1S/C12H16N2O4.C4H6O4.C3H8O2/c13-9(6-8-4-2-1-3-5-8)11(16)18-12(17)10(14)7-15;5-3(6)1-2-4(7)8;1-3(5)2-4/h1-5,9-10,15H,6-7,13-14H2;1-2H2,(H,5,6)(H,7,8);3-5H,2H2,1H3/t9-,10-;;/m0../s1. The van der Waals surface area contributed by atoms with Gasteiger partial charge in [-0.05, 0) is 18.9 Å². The minimum Gasteiger partial charge on any atom is -0.481 e. The largest absolute Gasteiger partial charge is 0.481 e. The molecule has 1 aromatic carbocycles. The number of carboxylic acids is 2. The minimum atomic E-state index is -1.22. The molecular weight excluding hydrogens is 416 g/mol. The van der Waals surface area contributed by atoms with Crippen molar-refractivity contribution in [3.63, 3.8) is 0 Å². The Morgan fingerprint density at radius 3 is 1.65 bits per heavy atom. The van der Waals surface area contributed by atoms with Crippen molar-refractivity contribution in [3.8, 4) is 0 Å². The predicted molar refractivity (Wildman–Crippen MR) is 108 cm³/mol. The lowest BCUT2D eigenvalue weighted by Gasteiger charge is -2.12. The molecule has 0 aromatic heterocycles. The van der Waals surface area contributed by atoms with Crippen molar-refractivity contribution < 1.29 is 49.4 Å². The molecule has 1 rings (SSSR count). The maximum atomic E-state index is 11.5. The first-order valence-corrected chi connectivity index (χ1v) is 9.08. The average molecular weight is 446 g/mol. The SMILES string of the molecule is CC(O)CO.N[C@@H](CO)C(=O)OC(=O)[C@@H](N)Cc1ccccc1.O=C(O)CCC(=O)O. The molecule has 3 atom stereocenters. The van der Waals surface area contributed by atoms with Gasteiger partial charge in [-0.3, -0.25) is 9.59 Å². The second kappa shape index (κ2) is 17.9. The summed E-state index contributed by atoms with van der Waals surface area (Å²) in [5.74, 6) is -3.99. The van der Waals surface area contributed by atoms with Crippen molar-refractivity contribution in [2.45, 2.75) is 44.4 Å². The lowest BCUT2D eigenvalue weighted by molar-refractivity contribution is -0.162. The molecule has 0 heterocycles. The van der Waals surface area contributed by atoms with Gasteiger partial charge in [-0.1, -0.05) is 30.3 Å². The number of hydrogen-bond acceptors (Lipinski definition) is 10. The van der Waals surface area contributed by atoms with Crippen molar-refractivity contribution in [3.05, 3.63) is 35.9 Å². The smallest absolute Gasteiger partial charge is 0.332 e. The molecule has 12 nitrogen and oxygen atoms in total. The molecule has 1 aromatic rings. The molecule has 0 saturated heterocycles. The second-order valence-electron chi connectivity index (χ2n) is 6.14. The van der Waals surface area contributed by atoms with Crippen molar-refractivity contribution in [2.24, 2.45) is 11.5 Å². The van der Waals surface area contributed by atoms with Crippen LogP contribution in [-0.4, -0.2) is 80.8 Å². The quantitative estimate of drug-likeness (QED) is 0.165. The zero-order valence-electron chi connectivity index (χ0n) is 17.1. The Bertz CT molecular complexity index is 653. The van der Waals surface area contributed by atoms with E-state index in [0.29, 0.717) is 0 Å². The first-order valence-electron chi connectivity index (χ1n) is 9.08. The van der Waals surface area contributed by atoms with Crippen LogP contribution in [0.5, 0.6) is 0 Å². The van der Waals surface area contributed by atoms with Crippen LogP contribution in [0.25, 0.3) is 0 Å². The number of hydrogen-bond donors (Lipinski definition) is 7. The number of carboxylic acid groups (broad SMARTS) is 2. The molecule has 9 N–H and O–H groups in total. The highest BCUT2D eigenvalue weighted by molar-refractivity contribution is 5.90. The van der Waals surface area contributed by atoms with Gasteiger partial charge in [0, 0.05) is 0 Å². The van der Waals surface area contributed by atoms with Crippen molar-refractivity contribution >= 4 is 23.9 Å². The molecule has 12 heteroatoms. The lowest BCUT2D eigenvalue weighted by atomic mass is 10.1. The molecular formula is C19H30N2O10. The van der Waals surface area contributed by atoms with Gasteiger partial charge >= 0.3 is 23.9 Å². The van der Waals surface area contributed by atoms with E-state index in [9.17, 15) is 19.2 Å². The van der Waals surface area contributed by atoms with Crippen LogP contribution in [0.2, 0.25) is 0 Å². The summed E-state index contributed by atoms with van der Waals surface area (Å²) in [5.41, 5.74) is 11.7. The number of rotatable bonds is 9. The van der Waals surface area contributed by atoms with Crippen molar-refractivity contribution in [1.29, 1.82) is 0 Å². The number of aliphatic hydroxyl groups excluding tert-OH is 3. The Balaban J connectivity index is 0. The monoisotopic (exact) mass is 446 g/mol. The number of benzene rings is 1. The Hall–Kier alpha value is -2.90. The van der Waals surface area contributed by atoms with Gasteiger partial charge in [-0.15, -0.1) is 0 Å². The van der Waals surface area contributed by atoms with Gasteiger partial charge in [0.25, 0.3) is 0 Å². The first kappa shape index (κ1) is 30.3. The van der Waals surface area contributed by atoms with E-state index in [0.717, 1.165) is 5.56 Å². The fourth-order valence-corrected chi connectivity index (χ4v) is 1.49. The van der Waals surface area contributed by atoms with Crippen LogP contribution in [0, 0.1) is 0 Å². The van der Waals surface area contributed by atoms with Crippen LogP contribution in [-0.2, 0) is 30.3 Å². The number of aliphatic carboxylic acids is 2. The number of carbonyl (C=O) groups is 4. The zero-order chi connectivity index (χ0) is 24.4.